The van der Waals surface area contributed by atoms with E-state index in [1.807, 2.05) is 12.1 Å². The molecule has 0 saturated heterocycles. The number of benzene rings is 1. The van der Waals surface area contributed by atoms with Crippen LogP contribution in [0.15, 0.2) is 18.2 Å². The molecule has 1 aliphatic rings. The van der Waals surface area contributed by atoms with E-state index in [1.165, 1.54) is 11.1 Å². The zero-order valence-corrected chi connectivity index (χ0v) is 14.4. The molecule has 0 spiro atoms. The number of fused-ring (bicyclic) bond motifs is 1. The molecule has 1 aromatic carbocycles. The van der Waals surface area contributed by atoms with E-state index in [2.05, 4.69) is 33.8 Å². The molecular weight excluding hydrogens is 292 g/mol. The van der Waals surface area contributed by atoms with E-state index in [0.29, 0.717) is 0 Å². The van der Waals surface area contributed by atoms with Crippen LogP contribution in [0.2, 0.25) is 0 Å². The lowest BCUT2D eigenvalue weighted by atomic mass is 9.63. The summed E-state index contributed by atoms with van der Waals surface area (Å²) in [5.74, 6) is 0. The van der Waals surface area contributed by atoms with Gasteiger partial charge in [-0.2, -0.15) is 0 Å². The van der Waals surface area contributed by atoms with Crippen LogP contribution in [0.5, 0.6) is 0 Å². The SMILES string of the molecule is CC(c1ccc2c(c1)C(C)(C)CCC2(C)C)S(=O)(=O)Cl. The fraction of sp³-hybridized carbons (Fsp3) is 0.625. The maximum atomic E-state index is 11.6. The molecule has 1 aromatic rings. The van der Waals surface area contributed by atoms with E-state index in [4.69, 9.17) is 10.7 Å². The lowest BCUT2D eigenvalue weighted by molar-refractivity contribution is 0.331. The third-order valence-electron chi connectivity index (χ3n) is 4.77. The van der Waals surface area contributed by atoms with Gasteiger partial charge in [0.05, 0.1) is 5.25 Å². The van der Waals surface area contributed by atoms with Crippen LogP contribution < -0.4 is 0 Å². The topological polar surface area (TPSA) is 34.1 Å². The Bertz CT molecular complexity index is 630. The molecule has 0 bridgehead atoms. The molecule has 0 fully saturated rings. The van der Waals surface area contributed by atoms with Crippen molar-refractivity contribution in [3.05, 3.63) is 34.9 Å². The molecule has 0 aromatic heterocycles. The Morgan fingerprint density at radius 3 is 2.05 bits per heavy atom. The van der Waals surface area contributed by atoms with Crippen molar-refractivity contribution in [1.82, 2.24) is 0 Å². The van der Waals surface area contributed by atoms with Crippen molar-refractivity contribution in [3.63, 3.8) is 0 Å². The summed E-state index contributed by atoms with van der Waals surface area (Å²) in [5, 5.41) is -0.671. The first-order chi connectivity index (χ1) is 8.95. The molecule has 0 saturated carbocycles. The average molecular weight is 315 g/mol. The molecule has 20 heavy (non-hydrogen) atoms. The minimum atomic E-state index is -3.58. The summed E-state index contributed by atoms with van der Waals surface area (Å²) in [5.41, 5.74) is 3.60. The Kier molecular flexibility index (Phi) is 3.75. The molecule has 1 unspecified atom stereocenters. The minimum Gasteiger partial charge on any atom is -0.212 e. The Labute approximate surface area is 127 Å². The maximum absolute atomic E-state index is 11.6. The minimum absolute atomic E-state index is 0.0800. The van der Waals surface area contributed by atoms with E-state index >= 15 is 0 Å². The summed E-state index contributed by atoms with van der Waals surface area (Å²) in [4.78, 5) is 0. The van der Waals surface area contributed by atoms with Crippen LogP contribution in [-0.2, 0) is 19.9 Å². The molecule has 0 heterocycles. The third kappa shape index (κ3) is 2.75. The van der Waals surface area contributed by atoms with Gasteiger partial charge in [-0.1, -0.05) is 45.9 Å². The van der Waals surface area contributed by atoms with E-state index in [9.17, 15) is 8.42 Å². The lowest BCUT2D eigenvalue weighted by Crippen LogP contribution is -2.34. The van der Waals surface area contributed by atoms with Crippen LogP contribution in [-0.4, -0.2) is 8.42 Å². The van der Waals surface area contributed by atoms with Gasteiger partial charge < -0.3 is 0 Å². The Morgan fingerprint density at radius 1 is 1.05 bits per heavy atom. The number of hydrogen-bond acceptors (Lipinski definition) is 2. The van der Waals surface area contributed by atoms with Gasteiger partial charge in [0.15, 0.2) is 0 Å². The second-order valence-electron chi connectivity index (χ2n) is 7.19. The standard InChI is InChI=1S/C16H23ClO2S/c1-11(20(17,18)19)12-6-7-13-14(10-12)16(4,5)9-8-15(13,2)3/h6-7,10-11H,8-9H2,1-5H3. The van der Waals surface area contributed by atoms with Gasteiger partial charge in [-0.3, -0.25) is 0 Å². The average Bonchev–Trinajstić information content (AvgIpc) is 2.33. The highest BCUT2D eigenvalue weighted by Gasteiger charge is 2.37. The van der Waals surface area contributed by atoms with Crippen molar-refractivity contribution in [2.75, 3.05) is 0 Å². The summed E-state index contributed by atoms with van der Waals surface area (Å²) >= 11 is 0. The molecule has 2 rings (SSSR count). The zero-order valence-electron chi connectivity index (χ0n) is 12.8. The van der Waals surface area contributed by atoms with Crippen molar-refractivity contribution in [1.29, 1.82) is 0 Å². The predicted molar refractivity (Wildman–Crippen MR) is 84.9 cm³/mol. The fourth-order valence-corrected chi connectivity index (χ4v) is 3.80. The van der Waals surface area contributed by atoms with Crippen LogP contribution >= 0.6 is 10.7 Å². The quantitative estimate of drug-likeness (QED) is 0.744. The molecule has 1 atom stereocenters. The van der Waals surface area contributed by atoms with E-state index in [1.54, 1.807) is 6.92 Å². The summed E-state index contributed by atoms with van der Waals surface area (Å²) in [6, 6.07) is 6.04. The van der Waals surface area contributed by atoms with E-state index < -0.39 is 14.3 Å². The molecule has 1 aliphatic carbocycles. The molecule has 0 amide bonds. The van der Waals surface area contributed by atoms with Crippen molar-refractivity contribution in [3.8, 4) is 0 Å². The molecular formula is C16H23ClO2S. The number of rotatable bonds is 2. The highest BCUT2D eigenvalue weighted by molar-refractivity contribution is 8.13. The largest absolute Gasteiger partial charge is 0.239 e. The second kappa shape index (κ2) is 4.74. The normalized spacial score (nSPS) is 22.1. The second-order valence-corrected chi connectivity index (χ2v) is 10.1. The third-order valence-corrected chi connectivity index (χ3v) is 6.69. The van der Waals surface area contributed by atoms with Crippen molar-refractivity contribution in [2.24, 2.45) is 0 Å². The number of hydrogen-bond donors (Lipinski definition) is 0. The van der Waals surface area contributed by atoms with Gasteiger partial charge in [-0.25, -0.2) is 8.42 Å². The van der Waals surface area contributed by atoms with Crippen LogP contribution in [0.25, 0.3) is 0 Å². The molecule has 0 N–H and O–H groups in total. The fourth-order valence-electron chi connectivity index (χ4n) is 3.02. The van der Waals surface area contributed by atoms with Gasteiger partial charge in [0.2, 0.25) is 9.05 Å². The van der Waals surface area contributed by atoms with Gasteiger partial charge in [0.1, 0.15) is 0 Å². The highest BCUT2D eigenvalue weighted by atomic mass is 35.7. The number of halogens is 1. The summed E-state index contributed by atoms with van der Waals surface area (Å²) in [7, 11) is 1.92. The predicted octanol–water partition coefficient (Wildman–Crippen LogP) is 4.67. The zero-order chi connectivity index (χ0) is 15.3. The smallest absolute Gasteiger partial charge is 0.212 e. The highest BCUT2D eigenvalue weighted by Crippen LogP contribution is 2.46. The van der Waals surface area contributed by atoms with E-state index in [0.717, 1.165) is 18.4 Å². The van der Waals surface area contributed by atoms with Gasteiger partial charge in [0.25, 0.3) is 0 Å². The van der Waals surface area contributed by atoms with Crippen LogP contribution in [0.4, 0.5) is 0 Å². The molecule has 2 nitrogen and oxygen atoms in total. The van der Waals surface area contributed by atoms with Crippen molar-refractivity contribution in [2.45, 2.75) is 63.5 Å². The maximum Gasteiger partial charge on any atom is 0.239 e. The van der Waals surface area contributed by atoms with Crippen LogP contribution in [0.3, 0.4) is 0 Å². The lowest BCUT2D eigenvalue weighted by Gasteiger charge is -2.42. The summed E-state index contributed by atoms with van der Waals surface area (Å²) in [6.07, 6.45) is 2.26. The van der Waals surface area contributed by atoms with Gasteiger partial charge in [0, 0.05) is 10.7 Å². The Morgan fingerprint density at radius 2 is 1.55 bits per heavy atom. The van der Waals surface area contributed by atoms with Crippen molar-refractivity contribution < 1.29 is 8.42 Å². The first-order valence-corrected chi connectivity index (χ1v) is 9.41. The van der Waals surface area contributed by atoms with Crippen LogP contribution in [0, 0.1) is 0 Å². The Balaban J connectivity index is 2.60. The van der Waals surface area contributed by atoms with Crippen molar-refractivity contribution >= 4 is 19.7 Å². The van der Waals surface area contributed by atoms with E-state index in [-0.39, 0.29) is 10.8 Å². The van der Waals surface area contributed by atoms with Gasteiger partial charge in [-0.15, -0.1) is 0 Å². The Hall–Kier alpha value is -0.540. The molecule has 112 valence electrons. The molecule has 0 radical (unpaired) electrons. The first-order valence-electron chi connectivity index (χ1n) is 7.03. The van der Waals surface area contributed by atoms with Gasteiger partial charge >= 0.3 is 0 Å². The van der Waals surface area contributed by atoms with Crippen LogP contribution in [0.1, 0.15) is 69.4 Å². The molecule has 4 heteroatoms. The summed E-state index contributed by atoms with van der Waals surface area (Å²) < 4.78 is 23.1. The molecule has 0 aliphatic heterocycles. The first kappa shape index (κ1) is 15.8. The monoisotopic (exact) mass is 314 g/mol. The van der Waals surface area contributed by atoms with Gasteiger partial charge in [-0.05, 0) is 47.3 Å². The summed E-state index contributed by atoms with van der Waals surface area (Å²) in [6.45, 7) is 10.6.